The molecule has 2 unspecified atom stereocenters. The molecular formula is C29H25Br2NO3. The van der Waals surface area contributed by atoms with Gasteiger partial charge >= 0.3 is 0 Å². The number of hydrogen-bond acceptors (Lipinski definition) is 3. The molecule has 0 aromatic heterocycles. The van der Waals surface area contributed by atoms with Gasteiger partial charge in [-0.05, 0) is 89.3 Å². The lowest BCUT2D eigenvalue weighted by Gasteiger charge is -2.26. The summed E-state index contributed by atoms with van der Waals surface area (Å²) in [5, 5.41) is 25.0. The van der Waals surface area contributed by atoms with E-state index in [1.165, 1.54) is 0 Å². The first-order valence-corrected chi connectivity index (χ1v) is 13.6. The highest BCUT2D eigenvalue weighted by molar-refractivity contribution is 9.11. The topological polar surface area (TPSA) is 69.6 Å². The van der Waals surface area contributed by atoms with E-state index in [2.05, 4.69) is 55.4 Å². The number of anilines is 1. The van der Waals surface area contributed by atoms with Gasteiger partial charge in [-0.3, -0.25) is 4.79 Å². The van der Waals surface area contributed by atoms with Crippen LogP contribution >= 0.6 is 31.9 Å². The second-order valence-electron chi connectivity index (χ2n) is 9.79. The fourth-order valence-electron chi connectivity index (χ4n) is 6.19. The summed E-state index contributed by atoms with van der Waals surface area (Å²) >= 11 is 7.29. The number of carbonyl (C=O) groups excluding carboxylic acids is 1. The van der Waals surface area contributed by atoms with Gasteiger partial charge in [0.2, 0.25) is 5.91 Å². The number of rotatable bonds is 3. The summed E-state index contributed by atoms with van der Waals surface area (Å²) < 4.78 is 1.81. The Hall–Kier alpha value is -2.57. The number of allylic oxidation sites excluding steroid dienone is 1. The molecule has 6 rings (SSSR count). The number of aromatic hydroxyl groups is 2. The molecule has 2 atom stereocenters. The maximum atomic E-state index is 13.5. The van der Waals surface area contributed by atoms with E-state index in [0.717, 1.165) is 84.8 Å². The molecule has 3 aromatic rings. The predicted octanol–water partition coefficient (Wildman–Crippen LogP) is 7.27. The highest BCUT2D eigenvalue weighted by Gasteiger charge is 2.44. The van der Waals surface area contributed by atoms with Crippen molar-refractivity contribution in [2.75, 3.05) is 5.32 Å². The Kier molecular flexibility index (Phi) is 5.57. The highest BCUT2D eigenvalue weighted by atomic mass is 79.9. The summed E-state index contributed by atoms with van der Waals surface area (Å²) in [5.41, 5.74) is 8.65. The van der Waals surface area contributed by atoms with Crippen LogP contribution in [0.15, 0.2) is 50.9 Å². The summed E-state index contributed by atoms with van der Waals surface area (Å²) in [6.07, 6.45) is 6.26. The van der Waals surface area contributed by atoms with Crippen molar-refractivity contribution in [2.24, 2.45) is 0 Å². The molecule has 3 aliphatic rings. The van der Waals surface area contributed by atoms with Gasteiger partial charge in [0.1, 0.15) is 11.5 Å². The monoisotopic (exact) mass is 593 g/mol. The molecule has 2 aliphatic carbocycles. The van der Waals surface area contributed by atoms with Gasteiger partial charge in [0, 0.05) is 31.6 Å². The summed E-state index contributed by atoms with van der Waals surface area (Å²) in [5.74, 6) is -0.00197. The molecule has 0 saturated carbocycles. The van der Waals surface area contributed by atoms with Crippen LogP contribution in [-0.2, 0) is 24.1 Å². The van der Waals surface area contributed by atoms with Crippen LogP contribution in [0.2, 0.25) is 0 Å². The van der Waals surface area contributed by atoms with Crippen LogP contribution in [0.25, 0.3) is 6.08 Å². The summed E-state index contributed by atoms with van der Waals surface area (Å²) in [6, 6.07) is 11.9. The van der Waals surface area contributed by atoms with Crippen molar-refractivity contribution in [3.05, 3.63) is 89.9 Å². The highest BCUT2D eigenvalue weighted by Crippen LogP contribution is 2.54. The van der Waals surface area contributed by atoms with Crippen molar-refractivity contribution in [3.63, 3.8) is 0 Å². The Bertz CT molecular complexity index is 1440. The van der Waals surface area contributed by atoms with E-state index in [1.807, 2.05) is 25.1 Å². The quantitative estimate of drug-likeness (QED) is 0.279. The van der Waals surface area contributed by atoms with E-state index in [4.69, 9.17) is 0 Å². The Morgan fingerprint density at radius 2 is 1.74 bits per heavy atom. The Morgan fingerprint density at radius 3 is 2.54 bits per heavy atom. The zero-order valence-corrected chi connectivity index (χ0v) is 22.5. The van der Waals surface area contributed by atoms with E-state index in [1.54, 1.807) is 6.07 Å². The van der Waals surface area contributed by atoms with Gasteiger partial charge in [-0.2, -0.15) is 0 Å². The van der Waals surface area contributed by atoms with Crippen LogP contribution in [0.3, 0.4) is 0 Å². The first-order chi connectivity index (χ1) is 16.8. The zero-order chi connectivity index (χ0) is 24.4. The van der Waals surface area contributed by atoms with E-state index >= 15 is 0 Å². The van der Waals surface area contributed by atoms with Crippen molar-refractivity contribution < 1.29 is 15.0 Å². The van der Waals surface area contributed by atoms with Gasteiger partial charge in [-0.25, -0.2) is 0 Å². The first kappa shape index (κ1) is 22.9. The van der Waals surface area contributed by atoms with Crippen molar-refractivity contribution >= 4 is 49.5 Å². The minimum absolute atomic E-state index is 0.0213. The van der Waals surface area contributed by atoms with Crippen molar-refractivity contribution in [3.8, 4) is 11.5 Å². The number of hydrogen-bond donors (Lipinski definition) is 3. The molecule has 0 fully saturated rings. The van der Waals surface area contributed by atoms with Gasteiger partial charge in [0.05, 0.1) is 11.6 Å². The van der Waals surface area contributed by atoms with E-state index < -0.39 is 0 Å². The number of phenolic OH excluding ortho intramolecular Hbond substituents is 2. The first-order valence-electron chi connectivity index (χ1n) is 12.0. The van der Waals surface area contributed by atoms with Gasteiger partial charge in [0.25, 0.3) is 0 Å². The van der Waals surface area contributed by atoms with E-state index in [9.17, 15) is 15.0 Å². The van der Waals surface area contributed by atoms with Crippen LogP contribution in [-0.4, -0.2) is 16.1 Å². The SMILES string of the molecule is Cc1c(Br)cc(Br)c2c1C(C1C(Cc3cc(O)c4c(c3O)CCCC4)=Cc3ccccc31)C(=O)N2. The molecule has 1 amide bonds. The maximum absolute atomic E-state index is 13.5. The normalized spacial score (nSPS) is 20.2. The second-order valence-corrected chi connectivity index (χ2v) is 11.5. The molecule has 178 valence electrons. The van der Waals surface area contributed by atoms with Crippen LogP contribution < -0.4 is 5.32 Å². The maximum Gasteiger partial charge on any atom is 0.233 e. The van der Waals surface area contributed by atoms with Gasteiger partial charge in [-0.1, -0.05) is 51.8 Å². The van der Waals surface area contributed by atoms with Crippen molar-refractivity contribution in [1.29, 1.82) is 0 Å². The molecule has 1 aliphatic heterocycles. The predicted molar refractivity (Wildman–Crippen MR) is 145 cm³/mol. The molecule has 3 aromatic carbocycles. The number of phenols is 2. The Morgan fingerprint density at radius 1 is 1.00 bits per heavy atom. The van der Waals surface area contributed by atoms with Gasteiger partial charge < -0.3 is 15.5 Å². The fraction of sp³-hybridized carbons (Fsp3) is 0.276. The minimum atomic E-state index is -0.387. The molecule has 0 radical (unpaired) electrons. The molecule has 1 heterocycles. The molecule has 0 bridgehead atoms. The second kappa shape index (κ2) is 8.52. The molecule has 0 saturated heterocycles. The van der Waals surface area contributed by atoms with Crippen LogP contribution in [0.4, 0.5) is 5.69 Å². The number of benzene rings is 3. The largest absolute Gasteiger partial charge is 0.508 e. The minimum Gasteiger partial charge on any atom is -0.508 e. The lowest BCUT2D eigenvalue weighted by Crippen LogP contribution is -2.21. The van der Waals surface area contributed by atoms with Crippen molar-refractivity contribution in [1.82, 2.24) is 0 Å². The standard InChI is InChI=1S/C29H25Br2NO3/c1-14-21(30)13-22(31)27-24(14)26(29(35)32-27)25-16(10-15-6-2-3-7-18(15)25)11-17-12-23(33)19-8-4-5-9-20(19)28(17)34/h2-3,6-7,10,12-13,25-26,33-34H,4-5,8-9,11H2,1H3,(H,32,35). The molecule has 3 N–H and O–H groups in total. The third-order valence-electron chi connectivity index (χ3n) is 7.84. The Balaban J connectivity index is 1.48. The average Bonchev–Trinajstić information content (AvgIpc) is 3.38. The van der Waals surface area contributed by atoms with Crippen LogP contribution in [0.5, 0.6) is 11.5 Å². The van der Waals surface area contributed by atoms with Crippen LogP contribution in [0, 0.1) is 6.92 Å². The smallest absolute Gasteiger partial charge is 0.233 e. The Labute approximate surface area is 221 Å². The molecule has 4 nitrogen and oxygen atoms in total. The third-order valence-corrected chi connectivity index (χ3v) is 9.29. The summed E-state index contributed by atoms with van der Waals surface area (Å²) in [7, 11) is 0. The van der Waals surface area contributed by atoms with E-state index in [0.29, 0.717) is 12.2 Å². The zero-order valence-electron chi connectivity index (χ0n) is 19.3. The number of halogens is 2. The fourth-order valence-corrected chi connectivity index (χ4v) is 7.48. The summed E-state index contributed by atoms with van der Waals surface area (Å²) in [4.78, 5) is 13.5. The molecule has 0 spiro atoms. The summed E-state index contributed by atoms with van der Waals surface area (Å²) in [6.45, 7) is 2.04. The lowest BCUT2D eigenvalue weighted by molar-refractivity contribution is -0.117. The molecule has 6 heteroatoms. The van der Waals surface area contributed by atoms with Crippen molar-refractivity contribution in [2.45, 2.75) is 50.9 Å². The molecular weight excluding hydrogens is 570 g/mol. The average molecular weight is 595 g/mol. The lowest BCUT2D eigenvalue weighted by atomic mass is 9.77. The van der Waals surface area contributed by atoms with E-state index in [-0.39, 0.29) is 23.5 Å². The van der Waals surface area contributed by atoms with Crippen LogP contribution in [0.1, 0.15) is 63.6 Å². The number of fused-ring (bicyclic) bond motifs is 3. The molecule has 35 heavy (non-hydrogen) atoms. The third kappa shape index (κ3) is 3.56. The number of carbonyl (C=O) groups is 1. The number of nitrogens with one attached hydrogen (secondary N) is 1. The number of amides is 1. The van der Waals surface area contributed by atoms with Gasteiger partial charge in [-0.15, -0.1) is 0 Å². The van der Waals surface area contributed by atoms with Gasteiger partial charge in [0.15, 0.2) is 0 Å².